The molecule has 7 heteroatoms. The summed E-state index contributed by atoms with van der Waals surface area (Å²) in [5.41, 5.74) is 1.58. The maximum atomic E-state index is 13.2. The summed E-state index contributed by atoms with van der Waals surface area (Å²) in [6.45, 7) is 0.186. The van der Waals surface area contributed by atoms with Gasteiger partial charge >= 0.3 is 0 Å². The molecule has 0 saturated heterocycles. The molecule has 0 unspecified atom stereocenters. The summed E-state index contributed by atoms with van der Waals surface area (Å²) in [5.74, 6) is 2.59. The molecular formula is C19H15FN4OS. The van der Waals surface area contributed by atoms with Gasteiger partial charge in [-0.25, -0.2) is 4.39 Å². The maximum absolute atomic E-state index is 13.2. The lowest BCUT2D eigenvalue weighted by Gasteiger charge is -2.10. The minimum atomic E-state index is -0.320. The molecule has 0 atom stereocenters. The molecule has 0 bridgehead atoms. The number of hydrogen-bond donors (Lipinski definition) is 1. The predicted octanol–water partition coefficient (Wildman–Crippen LogP) is 2.91. The van der Waals surface area contributed by atoms with E-state index in [0.717, 1.165) is 11.3 Å². The first-order valence-corrected chi connectivity index (χ1v) is 8.77. The van der Waals surface area contributed by atoms with Crippen LogP contribution in [0.2, 0.25) is 0 Å². The quantitative estimate of drug-likeness (QED) is 0.538. The van der Waals surface area contributed by atoms with E-state index in [9.17, 15) is 9.18 Å². The van der Waals surface area contributed by atoms with Crippen molar-refractivity contribution in [1.29, 1.82) is 0 Å². The summed E-state index contributed by atoms with van der Waals surface area (Å²) in [6, 6.07) is 15.6. The molecule has 1 aromatic heterocycles. The van der Waals surface area contributed by atoms with Gasteiger partial charge in [-0.15, -0.1) is 16.6 Å². The Morgan fingerprint density at radius 1 is 1.15 bits per heavy atom. The Balaban J connectivity index is 1.94. The monoisotopic (exact) mass is 366 g/mol. The summed E-state index contributed by atoms with van der Waals surface area (Å²) in [6.07, 6.45) is 5.14. The van der Waals surface area contributed by atoms with Crippen LogP contribution in [-0.4, -0.2) is 33.0 Å². The molecule has 5 nitrogen and oxygen atoms in total. The number of halogens is 1. The maximum Gasteiger partial charge on any atom is 0.231 e. The Labute approximate surface area is 154 Å². The van der Waals surface area contributed by atoms with E-state index in [1.54, 1.807) is 12.1 Å². The molecule has 3 aromatic rings. The molecule has 0 aliphatic carbocycles. The molecule has 0 aliphatic heterocycles. The van der Waals surface area contributed by atoms with Gasteiger partial charge in [0, 0.05) is 11.3 Å². The van der Waals surface area contributed by atoms with Gasteiger partial charge < -0.3 is 5.32 Å². The van der Waals surface area contributed by atoms with Crippen molar-refractivity contribution in [3.63, 3.8) is 0 Å². The first-order valence-electron chi connectivity index (χ1n) is 7.79. The van der Waals surface area contributed by atoms with Crippen LogP contribution in [-0.2, 0) is 4.79 Å². The van der Waals surface area contributed by atoms with Crippen molar-refractivity contribution in [2.75, 3.05) is 12.3 Å². The first-order chi connectivity index (χ1) is 12.7. The van der Waals surface area contributed by atoms with Gasteiger partial charge in [0.15, 0.2) is 11.0 Å². The van der Waals surface area contributed by atoms with E-state index in [2.05, 4.69) is 21.4 Å². The first kappa shape index (κ1) is 17.7. The Bertz CT molecular complexity index is 932. The van der Waals surface area contributed by atoms with Crippen LogP contribution in [0.5, 0.6) is 0 Å². The van der Waals surface area contributed by atoms with Gasteiger partial charge in [0.2, 0.25) is 5.91 Å². The summed E-state index contributed by atoms with van der Waals surface area (Å²) in [7, 11) is 0. The number of benzene rings is 2. The van der Waals surface area contributed by atoms with Crippen LogP contribution < -0.4 is 5.32 Å². The summed E-state index contributed by atoms with van der Waals surface area (Å²) in [4.78, 5) is 11.8. The van der Waals surface area contributed by atoms with Crippen molar-refractivity contribution in [3.8, 4) is 29.4 Å². The second-order valence-corrected chi connectivity index (χ2v) is 6.20. The van der Waals surface area contributed by atoms with Crippen LogP contribution in [0, 0.1) is 18.2 Å². The Hall–Kier alpha value is -3.11. The second kappa shape index (κ2) is 8.32. The summed E-state index contributed by atoms with van der Waals surface area (Å²) in [5, 5.41) is 11.6. The highest BCUT2D eigenvalue weighted by Crippen LogP contribution is 2.27. The molecule has 1 N–H and O–H groups in total. The number of carbonyl (C=O) groups is 1. The van der Waals surface area contributed by atoms with Gasteiger partial charge in [0.05, 0.1) is 12.3 Å². The van der Waals surface area contributed by atoms with Gasteiger partial charge in [0.1, 0.15) is 5.82 Å². The fraction of sp³-hybridized carbons (Fsp3) is 0.105. The fourth-order valence-electron chi connectivity index (χ4n) is 2.29. The third-order valence-electron chi connectivity index (χ3n) is 3.47. The summed E-state index contributed by atoms with van der Waals surface area (Å²) >= 11 is 1.25. The lowest BCUT2D eigenvalue weighted by atomic mass is 10.2. The number of amides is 1. The van der Waals surface area contributed by atoms with Crippen LogP contribution in [0.25, 0.3) is 17.1 Å². The Morgan fingerprint density at radius 3 is 2.58 bits per heavy atom. The number of para-hydroxylation sites is 1. The molecule has 0 saturated carbocycles. The number of terminal acetylenes is 1. The average Bonchev–Trinajstić information content (AvgIpc) is 3.10. The molecule has 0 fully saturated rings. The SMILES string of the molecule is C#CCNC(=O)CSc1nnc(-c2ccc(F)cc2)n1-c1ccccc1. The number of nitrogens with zero attached hydrogens (tertiary/aromatic N) is 3. The average molecular weight is 366 g/mol. The van der Waals surface area contributed by atoms with Crippen molar-refractivity contribution in [2.45, 2.75) is 5.16 Å². The lowest BCUT2D eigenvalue weighted by Crippen LogP contribution is -2.25. The minimum Gasteiger partial charge on any atom is -0.344 e. The number of hydrogen-bond acceptors (Lipinski definition) is 4. The van der Waals surface area contributed by atoms with E-state index >= 15 is 0 Å². The number of nitrogens with one attached hydrogen (secondary N) is 1. The molecule has 130 valence electrons. The van der Waals surface area contributed by atoms with Crippen LogP contribution in [0.15, 0.2) is 59.8 Å². The zero-order valence-corrected chi connectivity index (χ0v) is 14.5. The molecule has 1 heterocycles. The molecule has 3 rings (SSSR count). The van der Waals surface area contributed by atoms with Crippen LogP contribution in [0.1, 0.15) is 0 Å². The highest BCUT2D eigenvalue weighted by molar-refractivity contribution is 7.99. The highest BCUT2D eigenvalue weighted by Gasteiger charge is 2.17. The molecule has 26 heavy (non-hydrogen) atoms. The predicted molar refractivity (Wildman–Crippen MR) is 99.3 cm³/mol. The minimum absolute atomic E-state index is 0.163. The normalized spacial score (nSPS) is 10.3. The van der Waals surface area contributed by atoms with Crippen molar-refractivity contribution >= 4 is 17.7 Å². The van der Waals surface area contributed by atoms with Crippen molar-refractivity contribution in [3.05, 3.63) is 60.4 Å². The van der Waals surface area contributed by atoms with Gasteiger partial charge in [-0.1, -0.05) is 35.9 Å². The number of aromatic nitrogens is 3. The van der Waals surface area contributed by atoms with Gasteiger partial charge in [-0.05, 0) is 36.4 Å². The van der Waals surface area contributed by atoms with E-state index in [4.69, 9.17) is 6.42 Å². The number of rotatable bonds is 6. The number of thioether (sulfide) groups is 1. The third kappa shape index (κ3) is 4.10. The molecule has 0 spiro atoms. The zero-order chi connectivity index (χ0) is 18.4. The topological polar surface area (TPSA) is 59.8 Å². The molecular weight excluding hydrogens is 351 g/mol. The Kier molecular flexibility index (Phi) is 5.66. The van der Waals surface area contributed by atoms with E-state index in [-0.39, 0.29) is 24.0 Å². The fourth-order valence-corrected chi connectivity index (χ4v) is 3.07. The van der Waals surface area contributed by atoms with E-state index in [1.165, 1.54) is 23.9 Å². The van der Waals surface area contributed by atoms with Gasteiger partial charge in [-0.2, -0.15) is 0 Å². The van der Waals surface area contributed by atoms with Gasteiger partial charge in [0.25, 0.3) is 0 Å². The van der Waals surface area contributed by atoms with E-state index in [0.29, 0.717) is 11.0 Å². The van der Waals surface area contributed by atoms with Crippen molar-refractivity contribution in [1.82, 2.24) is 20.1 Å². The van der Waals surface area contributed by atoms with Crippen LogP contribution >= 0.6 is 11.8 Å². The van der Waals surface area contributed by atoms with Crippen LogP contribution in [0.3, 0.4) is 0 Å². The Morgan fingerprint density at radius 2 is 1.88 bits per heavy atom. The standard InChI is InChI=1S/C19H15FN4OS/c1-2-12-21-17(25)13-26-19-23-22-18(14-8-10-15(20)11-9-14)24(19)16-6-4-3-5-7-16/h1,3-11H,12-13H2,(H,21,25). The lowest BCUT2D eigenvalue weighted by molar-refractivity contribution is -0.118. The molecule has 0 aliphatic rings. The van der Waals surface area contributed by atoms with E-state index in [1.807, 2.05) is 34.9 Å². The zero-order valence-electron chi connectivity index (χ0n) is 13.7. The molecule has 2 aromatic carbocycles. The smallest absolute Gasteiger partial charge is 0.231 e. The highest BCUT2D eigenvalue weighted by atomic mass is 32.2. The second-order valence-electron chi connectivity index (χ2n) is 5.25. The molecule has 0 radical (unpaired) electrons. The van der Waals surface area contributed by atoms with Crippen molar-refractivity contribution in [2.24, 2.45) is 0 Å². The van der Waals surface area contributed by atoms with Crippen molar-refractivity contribution < 1.29 is 9.18 Å². The number of carbonyl (C=O) groups excluding carboxylic acids is 1. The van der Waals surface area contributed by atoms with Crippen LogP contribution in [0.4, 0.5) is 4.39 Å². The van der Waals surface area contributed by atoms with Gasteiger partial charge in [-0.3, -0.25) is 9.36 Å². The third-order valence-corrected chi connectivity index (χ3v) is 4.40. The largest absolute Gasteiger partial charge is 0.344 e. The summed E-state index contributed by atoms with van der Waals surface area (Å²) < 4.78 is 15.1. The van der Waals surface area contributed by atoms with E-state index < -0.39 is 0 Å². The molecule has 1 amide bonds.